The van der Waals surface area contributed by atoms with Crippen LogP contribution in [0, 0.1) is 0 Å². The zero-order valence-electron chi connectivity index (χ0n) is 17.6. The van der Waals surface area contributed by atoms with E-state index in [1.165, 1.54) is 0 Å². The van der Waals surface area contributed by atoms with E-state index < -0.39 is 11.6 Å². The molecule has 2 fully saturated rings. The predicted octanol–water partition coefficient (Wildman–Crippen LogP) is 2.89. The summed E-state index contributed by atoms with van der Waals surface area (Å²) in [4.78, 5) is 18.5. The first kappa shape index (κ1) is 19.6. The smallest absolute Gasteiger partial charge is 0.235 e. The number of ether oxygens (including phenoxy) is 3. The summed E-state index contributed by atoms with van der Waals surface area (Å²) >= 11 is 0. The van der Waals surface area contributed by atoms with E-state index in [1.807, 2.05) is 47.4 Å². The molecule has 1 saturated heterocycles. The second-order valence-corrected chi connectivity index (χ2v) is 8.65. The zero-order chi connectivity index (χ0) is 21.7. The van der Waals surface area contributed by atoms with Crippen LogP contribution in [0.3, 0.4) is 0 Å². The lowest BCUT2D eigenvalue weighted by atomic mass is 9.94. The highest BCUT2D eigenvalue weighted by molar-refractivity contribution is 6.02. The fraction of sp³-hybridized carbons (Fsp3) is 0.375. The van der Waals surface area contributed by atoms with Gasteiger partial charge in [0, 0.05) is 29.7 Å². The van der Waals surface area contributed by atoms with Gasteiger partial charge in [-0.2, -0.15) is 0 Å². The molecule has 166 valence electrons. The molecule has 3 aliphatic rings. The Morgan fingerprint density at radius 2 is 1.88 bits per heavy atom. The van der Waals surface area contributed by atoms with Crippen LogP contribution < -0.4 is 14.8 Å². The minimum atomic E-state index is -0.704. The van der Waals surface area contributed by atoms with E-state index >= 15 is 0 Å². The fourth-order valence-corrected chi connectivity index (χ4v) is 4.61. The SMILES string of the molecule is O=C(Nc1ccc2[nH]c(C(O)N3CCOCC3)cc2c1)C1(c2ccc3c(c2)OCO3)CC1. The maximum Gasteiger partial charge on any atom is 0.235 e. The van der Waals surface area contributed by atoms with Crippen molar-refractivity contribution in [1.29, 1.82) is 0 Å². The van der Waals surface area contributed by atoms with Crippen molar-refractivity contribution in [3.8, 4) is 11.5 Å². The van der Waals surface area contributed by atoms with Crippen LogP contribution in [0.1, 0.15) is 30.3 Å². The molecule has 3 N–H and O–H groups in total. The molecule has 8 nitrogen and oxygen atoms in total. The van der Waals surface area contributed by atoms with Crippen molar-refractivity contribution in [2.24, 2.45) is 0 Å². The molecule has 1 amide bonds. The average molecular weight is 435 g/mol. The summed E-state index contributed by atoms with van der Waals surface area (Å²) in [6.45, 7) is 2.85. The molecule has 1 aliphatic carbocycles. The molecule has 1 unspecified atom stereocenters. The molecular weight excluding hydrogens is 410 g/mol. The van der Waals surface area contributed by atoms with E-state index in [9.17, 15) is 9.90 Å². The van der Waals surface area contributed by atoms with Crippen molar-refractivity contribution >= 4 is 22.5 Å². The number of carbonyl (C=O) groups excluding carboxylic acids is 1. The Morgan fingerprint density at radius 1 is 1.06 bits per heavy atom. The summed E-state index contributed by atoms with van der Waals surface area (Å²) in [6.07, 6.45) is 0.909. The number of aromatic nitrogens is 1. The molecule has 0 bridgehead atoms. The molecule has 3 aromatic rings. The topological polar surface area (TPSA) is 96.1 Å². The third-order valence-electron chi connectivity index (χ3n) is 6.68. The first-order valence-corrected chi connectivity index (χ1v) is 11.0. The summed E-state index contributed by atoms with van der Waals surface area (Å²) < 4.78 is 16.2. The molecule has 3 heterocycles. The number of morpholine rings is 1. The van der Waals surface area contributed by atoms with Crippen LogP contribution in [0.4, 0.5) is 5.69 Å². The van der Waals surface area contributed by atoms with Crippen LogP contribution in [0.15, 0.2) is 42.5 Å². The predicted molar refractivity (Wildman–Crippen MR) is 118 cm³/mol. The largest absolute Gasteiger partial charge is 0.454 e. The molecule has 6 rings (SSSR count). The maximum atomic E-state index is 13.2. The number of rotatable bonds is 5. The highest BCUT2D eigenvalue weighted by Gasteiger charge is 2.51. The van der Waals surface area contributed by atoms with Crippen molar-refractivity contribution in [2.45, 2.75) is 24.5 Å². The number of aliphatic hydroxyl groups excluding tert-OH is 1. The molecule has 8 heteroatoms. The number of aliphatic hydroxyl groups is 1. The van der Waals surface area contributed by atoms with Gasteiger partial charge in [0.1, 0.15) is 6.23 Å². The van der Waals surface area contributed by atoms with E-state index in [4.69, 9.17) is 14.2 Å². The summed E-state index contributed by atoms with van der Waals surface area (Å²) in [7, 11) is 0. The Kier molecular flexibility index (Phi) is 4.60. The molecule has 0 radical (unpaired) electrons. The number of fused-ring (bicyclic) bond motifs is 2. The van der Waals surface area contributed by atoms with Crippen LogP contribution >= 0.6 is 0 Å². The van der Waals surface area contributed by atoms with Crippen molar-refractivity contribution < 1.29 is 24.1 Å². The van der Waals surface area contributed by atoms with E-state index in [2.05, 4.69) is 10.3 Å². The Bertz CT molecular complexity index is 1180. The van der Waals surface area contributed by atoms with Crippen LogP contribution in [-0.2, 0) is 14.9 Å². The van der Waals surface area contributed by atoms with Gasteiger partial charge >= 0.3 is 0 Å². The van der Waals surface area contributed by atoms with E-state index in [0.717, 1.165) is 46.4 Å². The highest BCUT2D eigenvalue weighted by atomic mass is 16.7. The maximum absolute atomic E-state index is 13.2. The van der Waals surface area contributed by atoms with E-state index in [-0.39, 0.29) is 12.7 Å². The minimum absolute atomic E-state index is 0.0141. The summed E-state index contributed by atoms with van der Waals surface area (Å²) in [5, 5.41) is 14.8. The normalized spacial score (nSPS) is 20.3. The number of hydrogen-bond donors (Lipinski definition) is 3. The molecule has 32 heavy (non-hydrogen) atoms. The van der Waals surface area contributed by atoms with Gasteiger partial charge in [0.2, 0.25) is 12.7 Å². The lowest BCUT2D eigenvalue weighted by Gasteiger charge is -2.30. The van der Waals surface area contributed by atoms with Gasteiger partial charge in [0.25, 0.3) is 0 Å². The van der Waals surface area contributed by atoms with Crippen molar-refractivity contribution in [3.63, 3.8) is 0 Å². The van der Waals surface area contributed by atoms with Gasteiger partial charge in [-0.05, 0) is 54.8 Å². The molecule has 0 spiro atoms. The standard InChI is InChI=1S/C24H25N3O5/c28-22(27-7-9-30-10-8-27)19-12-15-11-17(2-3-18(15)26-19)25-23(29)24(5-6-24)16-1-4-20-21(13-16)32-14-31-20/h1-4,11-13,22,26,28H,5-10,14H2,(H,25,29). The minimum Gasteiger partial charge on any atom is -0.454 e. The van der Waals surface area contributed by atoms with Gasteiger partial charge in [-0.25, -0.2) is 0 Å². The van der Waals surface area contributed by atoms with Crippen molar-refractivity contribution in [3.05, 3.63) is 53.7 Å². The van der Waals surface area contributed by atoms with Gasteiger partial charge in [-0.3, -0.25) is 9.69 Å². The van der Waals surface area contributed by atoms with Crippen molar-refractivity contribution in [2.75, 3.05) is 38.4 Å². The average Bonchev–Trinajstić information content (AvgIpc) is 3.32. The Labute approximate surface area is 185 Å². The summed E-state index contributed by atoms with van der Waals surface area (Å²) in [5.41, 5.74) is 2.83. The van der Waals surface area contributed by atoms with Crippen molar-refractivity contribution in [1.82, 2.24) is 9.88 Å². The van der Waals surface area contributed by atoms with Gasteiger partial charge in [-0.15, -0.1) is 0 Å². The van der Waals surface area contributed by atoms with Gasteiger partial charge in [0.15, 0.2) is 11.5 Å². The lowest BCUT2D eigenvalue weighted by Crippen LogP contribution is -2.39. The van der Waals surface area contributed by atoms with E-state index in [1.54, 1.807) is 0 Å². The fourth-order valence-electron chi connectivity index (χ4n) is 4.61. The monoisotopic (exact) mass is 435 g/mol. The molecule has 2 aromatic carbocycles. The molecule has 1 saturated carbocycles. The zero-order valence-corrected chi connectivity index (χ0v) is 17.6. The van der Waals surface area contributed by atoms with Gasteiger partial charge in [0.05, 0.1) is 24.3 Å². The molecule has 1 atom stereocenters. The van der Waals surface area contributed by atoms with E-state index in [0.29, 0.717) is 32.1 Å². The van der Waals surface area contributed by atoms with Crippen LogP contribution in [-0.4, -0.2) is 54.0 Å². The van der Waals surface area contributed by atoms with Crippen LogP contribution in [0.5, 0.6) is 11.5 Å². The molecular formula is C24H25N3O5. The number of nitrogens with zero attached hydrogens (tertiary/aromatic N) is 1. The quantitative estimate of drug-likeness (QED) is 0.570. The number of aromatic amines is 1. The number of hydrogen-bond acceptors (Lipinski definition) is 6. The third kappa shape index (κ3) is 3.31. The number of carbonyl (C=O) groups is 1. The number of nitrogens with one attached hydrogen (secondary N) is 2. The van der Waals surface area contributed by atoms with Gasteiger partial charge < -0.3 is 29.6 Å². The lowest BCUT2D eigenvalue weighted by molar-refractivity contribution is -0.118. The number of benzene rings is 2. The summed E-state index contributed by atoms with van der Waals surface area (Å²) in [6, 6.07) is 13.4. The van der Waals surface area contributed by atoms with Gasteiger partial charge in [-0.1, -0.05) is 6.07 Å². The third-order valence-corrected chi connectivity index (χ3v) is 6.68. The number of amides is 1. The first-order valence-electron chi connectivity index (χ1n) is 11.0. The highest BCUT2D eigenvalue weighted by Crippen LogP contribution is 2.51. The summed E-state index contributed by atoms with van der Waals surface area (Å²) in [5.74, 6) is 1.40. The first-order chi connectivity index (χ1) is 15.6. The molecule has 2 aliphatic heterocycles. The second kappa shape index (κ2) is 7.51. The Balaban J connectivity index is 1.21. The Hall–Kier alpha value is -3.07. The number of anilines is 1. The van der Waals surface area contributed by atoms with Crippen LogP contribution in [0.25, 0.3) is 10.9 Å². The Morgan fingerprint density at radius 3 is 2.69 bits per heavy atom. The van der Waals surface area contributed by atoms with Crippen LogP contribution in [0.2, 0.25) is 0 Å². The second-order valence-electron chi connectivity index (χ2n) is 8.65. The number of H-pyrrole nitrogens is 1. The molecule has 1 aromatic heterocycles.